The first-order valence-corrected chi connectivity index (χ1v) is 7.70. The predicted molar refractivity (Wildman–Crippen MR) is 66.9 cm³/mol. The number of nitrogens with one attached hydrogen (secondary N) is 1. The Morgan fingerprint density at radius 1 is 1.17 bits per heavy atom. The second-order valence-corrected chi connectivity index (χ2v) is 6.56. The SMILES string of the molecule is NC(=O)C1CCCCN1S(=O)(=O)N1CCNCC1. The topological polar surface area (TPSA) is 95.7 Å². The van der Waals surface area contributed by atoms with Crippen LogP contribution in [0.3, 0.4) is 0 Å². The molecular formula is C10H20N4O3S. The number of nitrogens with two attached hydrogens (primary N) is 1. The lowest BCUT2D eigenvalue weighted by molar-refractivity contribution is -0.122. The molecule has 0 aromatic heterocycles. The van der Waals surface area contributed by atoms with Gasteiger partial charge in [-0.15, -0.1) is 0 Å². The highest BCUT2D eigenvalue weighted by Crippen LogP contribution is 2.22. The lowest BCUT2D eigenvalue weighted by Crippen LogP contribution is -2.57. The standard InChI is InChI=1S/C10H20N4O3S/c11-10(15)9-3-1-2-6-14(9)18(16,17)13-7-4-12-5-8-13/h9,12H,1-8H2,(H2,11,15). The average Bonchev–Trinajstić information content (AvgIpc) is 2.39. The Bertz CT molecular complexity index is 405. The molecule has 0 bridgehead atoms. The summed E-state index contributed by atoms with van der Waals surface area (Å²) in [5.41, 5.74) is 5.31. The van der Waals surface area contributed by atoms with E-state index < -0.39 is 22.2 Å². The maximum absolute atomic E-state index is 12.5. The van der Waals surface area contributed by atoms with E-state index in [1.165, 1.54) is 8.61 Å². The third kappa shape index (κ3) is 2.66. The minimum absolute atomic E-state index is 0.389. The van der Waals surface area contributed by atoms with Gasteiger partial charge < -0.3 is 11.1 Å². The van der Waals surface area contributed by atoms with Crippen molar-refractivity contribution in [2.24, 2.45) is 5.73 Å². The zero-order valence-electron chi connectivity index (χ0n) is 10.3. The van der Waals surface area contributed by atoms with Crippen molar-refractivity contribution < 1.29 is 13.2 Å². The van der Waals surface area contributed by atoms with E-state index in [1.807, 2.05) is 0 Å². The molecule has 3 N–H and O–H groups in total. The molecule has 18 heavy (non-hydrogen) atoms. The molecule has 2 fully saturated rings. The molecule has 0 aromatic carbocycles. The fourth-order valence-corrected chi connectivity index (χ4v) is 4.32. The van der Waals surface area contributed by atoms with Crippen molar-refractivity contribution in [3.63, 3.8) is 0 Å². The monoisotopic (exact) mass is 276 g/mol. The smallest absolute Gasteiger partial charge is 0.282 e. The zero-order valence-corrected chi connectivity index (χ0v) is 11.2. The summed E-state index contributed by atoms with van der Waals surface area (Å²) >= 11 is 0. The predicted octanol–water partition coefficient (Wildman–Crippen LogP) is -1.52. The number of carbonyl (C=O) groups excluding carboxylic acids is 1. The second kappa shape index (κ2) is 5.52. The number of nitrogens with zero attached hydrogens (tertiary/aromatic N) is 2. The summed E-state index contributed by atoms with van der Waals surface area (Å²) < 4.78 is 27.7. The van der Waals surface area contributed by atoms with Crippen molar-refractivity contribution in [2.75, 3.05) is 32.7 Å². The molecular weight excluding hydrogens is 256 g/mol. The van der Waals surface area contributed by atoms with Gasteiger partial charge in [0.25, 0.3) is 10.2 Å². The average molecular weight is 276 g/mol. The van der Waals surface area contributed by atoms with E-state index >= 15 is 0 Å². The summed E-state index contributed by atoms with van der Waals surface area (Å²) in [5.74, 6) is -0.548. The molecule has 0 aliphatic carbocycles. The molecule has 2 saturated heterocycles. The van der Waals surface area contributed by atoms with Crippen LogP contribution in [0.5, 0.6) is 0 Å². The van der Waals surface area contributed by atoms with Gasteiger partial charge >= 0.3 is 0 Å². The highest BCUT2D eigenvalue weighted by atomic mass is 32.2. The Hall–Kier alpha value is -0.700. The fraction of sp³-hybridized carbons (Fsp3) is 0.900. The van der Waals surface area contributed by atoms with E-state index in [4.69, 9.17) is 5.73 Å². The van der Waals surface area contributed by atoms with Gasteiger partial charge in [0.2, 0.25) is 5.91 Å². The maximum atomic E-state index is 12.5. The Labute approximate surface area is 107 Å². The Balaban J connectivity index is 2.18. The molecule has 8 heteroatoms. The summed E-state index contributed by atoms with van der Waals surface area (Å²) in [6.45, 7) is 2.58. The van der Waals surface area contributed by atoms with E-state index in [-0.39, 0.29) is 0 Å². The number of amides is 1. The molecule has 2 aliphatic rings. The highest BCUT2D eigenvalue weighted by Gasteiger charge is 2.39. The number of piperidine rings is 1. The van der Waals surface area contributed by atoms with Crippen LogP contribution in [-0.4, -0.2) is 61.7 Å². The lowest BCUT2D eigenvalue weighted by Gasteiger charge is -2.37. The van der Waals surface area contributed by atoms with Gasteiger partial charge in [-0.2, -0.15) is 17.0 Å². The number of piperazine rings is 1. The maximum Gasteiger partial charge on any atom is 0.282 e. The third-order valence-electron chi connectivity index (χ3n) is 3.48. The molecule has 7 nitrogen and oxygen atoms in total. The molecule has 0 saturated carbocycles. The van der Waals surface area contributed by atoms with Crippen molar-refractivity contribution in [3.8, 4) is 0 Å². The van der Waals surface area contributed by atoms with Gasteiger partial charge in [0, 0.05) is 32.7 Å². The van der Waals surface area contributed by atoms with Gasteiger partial charge in [-0.05, 0) is 12.8 Å². The molecule has 0 radical (unpaired) electrons. The van der Waals surface area contributed by atoms with Crippen molar-refractivity contribution >= 4 is 16.1 Å². The molecule has 1 atom stereocenters. The van der Waals surface area contributed by atoms with E-state index in [0.717, 1.165) is 12.8 Å². The van der Waals surface area contributed by atoms with Gasteiger partial charge in [0.15, 0.2) is 0 Å². The van der Waals surface area contributed by atoms with Gasteiger partial charge in [-0.3, -0.25) is 4.79 Å². The van der Waals surface area contributed by atoms with Crippen molar-refractivity contribution in [1.29, 1.82) is 0 Å². The summed E-state index contributed by atoms with van der Waals surface area (Å²) in [5, 5.41) is 3.11. The van der Waals surface area contributed by atoms with E-state index in [0.29, 0.717) is 39.1 Å². The van der Waals surface area contributed by atoms with E-state index in [2.05, 4.69) is 5.32 Å². The first-order chi connectivity index (χ1) is 8.53. The van der Waals surface area contributed by atoms with E-state index in [9.17, 15) is 13.2 Å². The normalized spacial score (nSPS) is 28.1. The van der Waals surface area contributed by atoms with Crippen LogP contribution in [-0.2, 0) is 15.0 Å². The Morgan fingerprint density at radius 3 is 2.44 bits per heavy atom. The van der Waals surface area contributed by atoms with Crippen LogP contribution in [0.15, 0.2) is 0 Å². The quantitative estimate of drug-likeness (QED) is 0.654. The van der Waals surface area contributed by atoms with Crippen LogP contribution in [0.4, 0.5) is 0 Å². The van der Waals surface area contributed by atoms with Crippen LogP contribution in [0, 0.1) is 0 Å². The van der Waals surface area contributed by atoms with Crippen molar-refractivity contribution in [2.45, 2.75) is 25.3 Å². The molecule has 104 valence electrons. The number of primary amides is 1. The molecule has 0 aromatic rings. The lowest BCUT2D eigenvalue weighted by atomic mass is 10.0. The number of rotatable bonds is 3. The van der Waals surface area contributed by atoms with E-state index in [1.54, 1.807) is 0 Å². The molecule has 1 unspecified atom stereocenters. The van der Waals surface area contributed by atoms with Crippen molar-refractivity contribution in [1.82, 2.24) is 13.9 Å². The van der Waals surface area contributed by atoms with Crippen LogP contribution in [0.25, 0.3) is 0 Å². The molecule has 2 heterocycles. The first kappa shape index (κ1) is 13.7. The summed E-state index contributed by atoms with van der Waals surface area (Å²) in [7, 11) is -3.55. The summed E-state index contributed by atoms with van der Waals surface area (Å²) in [6, 6.07) is -0.682. The van der Waals surface area contributed by atoms with Crippen LogP contribution >= 0.6 is 0 Å². The molecule has 0 spiro atoms. The largest absolute Gasteiger partial charge is 0.368 e. The molecule has 1 amide bonds. The Morgan fingerprint density at radius 2 is 1.83 bits per heavy atom. The van der Waals surface area contributed by atoms with Crippen LogP contribution in [0.2, 0.25) is 0 Å². The second-order valence-electron chi connectivity index (χ2n) is 4.68. The zero-order chi connectivity index (χ0) is 13.2. The third-order valence-corrected chi connectivity index (χ3v) is 5.53. The van der Waals surface area contributed by atoms with Crippen LogP contribution in [0.1, 0.15) is 19.3 Å². The Kier molecular flexibility index (Phi) is 4.21. The van der Waals surface area contributed by atoms with Gasteiger partial charge in [0.05, 0.1) is 0 Å². The summed E-state index contributed by atoms with van der Waals surface area (Å²) in [6.07, 6.45) is 2.16. The summed E-state index contributed by atoms with van der Waals surface area (Å²) in [4.78, 5) is 11.4. The van der Waals surface area contributed by atoms with Crippen LogP contribution < -0.4 is 11.1 Å². The van der Waals surface area contributed by atoms with Gasteiger partial charge in [0.1, 0.15) is 6.04 Å². The van der Waals surface area contributed by atoms with Gasteiger partial charge in [-0.1, -0.05) is 6.42 Å². The molecule has 2 aliphatic heterocycles. The minimum Gasteiger partial charge on any atom is -0.368 e. The first-order valence-electron chi connectivity index (χ1n) is 6.30. The van der Waals surface area contributed by atoms with Gasteiger partial charge in [-0.25, -0.2) is 0 Å². The minimum atomic E-state index is -3.55. The number of hydrogen-bond acceptors (Lipinski definition) is 4. The molecule has 2 rings (SSSR count). The number of carbonyl (C=O) groups is 1. The van der Waals surface area contributed by atoms with Crippen molar-refractivity contribution in [3.05, 3.63) is 0 Å². The highest BCUT2D eigenvalue weighted by molar-refractivity contribution is 7.86. The number of hydrogen-bond donors (Lipinski definition) is 2. The fourth-order valence-electron chi connectivity index (χ4n) is 2.49.